The largest absolute Gasteiger partial charge is 0.389 e. The highest BCUT2D eigenvalue weighted by molar-refractivity contribution is 5.45. The second-order valence-corrected chi connectivity index (χ2v) is 5.53. The van der Waals surface area contributed by atoms with Gasteiger partial charge in [-0.1, -0.05) is 13.8 Å². The van der Waals surface area contributed by atoms with E-state index in [0.717, 1.165) is 18.6 Å². The Morgan fingerprint density at radius 3 is 2.43 bits per heavy atom. The quantitative estimate of drug-likeness (QED) is 0.724. The zero-order chi connectivity index (χ0) is 16.0. The van der Waals surface area contributed by atoms with Gasteiger partial charge >= 0.3 is 0 Å². The molecule has 0 saturated carbocycles. The SMILES string of the molecule is CC(C)CC(C)OCC(O)CNc1ccc(F)c(F)c1F. The predicted molar refractivity (Wildman–Crippen MR) is 75.7 cm³/mol. The molecular weight excluding hydrogens is 283 g/mol. The first kappa shape index (κ1) is 17.8. The fourth-order valence-electron chi connectivity index (χ4n) is 1.96. The molecule has 6 heteroatoms. The van der Waals surface area contributed by atoms with Crippen LogP contribution in [0.1, 0.15) is 27.2 Å². The third-order valence-corrected chi connectivity index (χ3v) is 2.94. The highest BCUT2D eigenvalue weighted by Crippen LogP contribution is 2.19. The summed E-state index contributed by atoms with van der Waals surface area (Å²) in [6, 6.07) is 1.91. The first-order valence-electron chi connectivity index (χ1n) is 6.98. The van der Waals surface area contributed by atoms with Gasteiger partial charge in [0.1, 0.15) is 0 Å². The molecule has 2 atom stereocenters. The van der Waals surface area contributed by atoms with Crippen molar-refractivity contribution in [2.24, 2.45) is 5.92 Å². The molecule has 0 aliphatic carbocycles. The molecule has 1 aromatic rings. The van der Waals surface area contributed by atoms with E-state index in [2.05, 4.69) is 19.2 Å². The van der Waals surface area contributed by atoms with Crippen LogP contribution in [-0.4, -0.2) is 30.5 Å². The molecule has 0 fully saturated rings. The number of aliphatic hydroxyl groups is 1. The van der Waals surface area contributed by atoms with Crippen LogP contribution in [0.3, 0.4) is 0 Å². The average molecular weight is 305 g/mol. The summed E-state index contributed by atoms with van der Waals surface area (Å²) in [5, 5.41) is 12.3. The number of anilines is 1. The minimum Gasteiger partial charge on any atom is -0.389 e. The van der Waals surface area contributed by atoms with Crippen molar-refractivity contribution >= 4 is 5.69 Å². The maximum Gasteiger partial charge on any atom is 0.196 e. The second-order valence-electron chi connectivity index (χ2n) is 5.53. The molecule has 120 valence electrons. The molecule has 0 aromatic heterocycles. The lowest BCUT2D eigenvalue weighted by atomic mass is 10.1. The molecule has 2 N–H and O–H groups in total. The molecule has 21 heavy (non-hydrogen) atoms. The van der Waals surface area contributed by atoms with Gasteiger partial charge < -0.3 is 15.2 Å². The van der Waals surface area contributed by atoms with Gasteiger partial charge in [-0.25, -0.2) is 13.2 Å². The summed E-state index contributed by atoms with van der Waals surface area (Å²) in [7, 11) is 0. The van der Waals surface area contributed by atoms with Crippen LogP contribution in [-0.2, 0) is 4.74 Å². The summed E-state index contributed by atoms with van der Waals surface area (Å²) < 4.78 is 44.6. The highest BCUT2D eigenvalue weighted by Gasteiger charge is 2.15. The zero-order valence-electron chi connectivity index (χ0n) is 12.5. The third-order valence-electron chi connectivity index (χ3n) is 2.94. The Balaban J connectivity index is 2.40. The molecule has 0 bridgehead atoms. The molecule has 0 radical (unpaired) electrons. The van der Waals surface area contributed by atoms with Crippen molar-refractivity contribution in [1.29, 1.82) is 0 Å². The molecule has 0 aliphatic rings. The highest BCUT2D eigenvalue weighted by atomic mass is 19.2. The minimum absolute atomic E-state index is 0.0136. The Morgan fingerprint density at radius 1 is 1.14 bits per heavy atom. The molecule has 2 unspecified atom stereocenters. The number of hydrogen-bond donors (Lipinski definition) is 2. The van der Waals surface area contributed by atoms with Gasteiger partial charge in [0.25, 0.3) is 0 Å². The number of aliphatic hydroxyl groups excluding tert-OH is 1. The van der Waals surface area contributed by atoms with Crippen LogP contribution < -0.4 is 5.32 Å². The minimum atomic E-state index is -1.53. The molecule has 1 aromatic carbocycles. The normalized spacial score (nSPS) is 14.3. The molecule has 0 saturated heterocycles. The number of ether oxygens (including phenoxy) is 1. The van der Waals surface area contributed by atoms with E-state index >= 15 is 0 Å². The summed E-state index contributed by atoms with van der Waals surface area (Å²) in [6.45, 7) is 6.13. The van der Waals surface area contributed by atoms with Crippen molar-refractivity contribution in [3.63, 3.8) is 0 Å². The van der Waals surface area contributed by atoms with Gasteiger partial charge in [-0.15, -0.1) is 0 Å². The fraction of sp³-hybridized carbons (Fsp3) is 0.600. The maximum absolute atomic E-state index is 13.4. The number of halogens is 3. The summed E-state index contributed by atoms with van der Waals surface area (Å²) in [5.74, 6) is -3.58. The van der Waals surface area contributed by atoms with E-state index < -0.39 is 23.6 Å². The van der Waals surface area contributed by atoms with Gasteiger partial charge in [0.2, 0.25) is 0 Å². The van der Waals surface area contributed by atoms with E-state index in [4.69, 9.17) is 4.74 Å². The molecule has 0 amide bonds. The standard InChI is InChI=1S/C15H22F3NO2/c1-9(2)6-10(3)21-8-11(20)7-19-13-5-4-12(16)14(17)15(13)18/h4-5,9-11,19-20H,6-8H2,1-3H3. The van der Waals surface area contributed by atoms with Crippen molar-refractivity contribution in [1.82, 2.24) is 0 Å². The topological polar surface area (TPSA) is 41.5 Å². The monoisotopic (exact) mass is 305 g/mol. The van der Waals surface area contributed by atoms with Gasteiger partial charge in [-0.05, 0) is 31.4 Å². The lowest BCUT2D eigenvalue weighted by Crippen LogP contribution is -2.27. The first-order chi connectivity index (χ1) is 9.81. The van der Waals surface area contributed by atoms with Crippen LogP contribution in [0, 0.1) is 23.4 Å². The average Bonchev–Trinajstić information content (AvgIpc) is 2.41. The number of rotatable bonds is 8. The van der Waals surface area contributed by atoms with E-state index in [1.807, 2.05) is 6.92 Å². The van der Waals surface area contributed by atoms with Crippen LogP contribution in [0.4, 0.5) is 18.9 Å². The Bertz CT molecular complexity index is 455. The molecule has 0 spiro atoms. The first-order valence-corrected chi connectivity index (χ1v) is 6.98. The lowest BCUT2D eigenvalue weighted by molar-refractivity contribution is -0.00445. The number of benzene rings is 1. The number of hydrogen-bond acceptors (Lipinski definition) is 3. The third kappa shape index (κ3) is 5.93. The van der Waals surface area contributed by atoms with Crippen LogP contribution >= 0.6 is 0 Å². The Kier molecular flexibility index (Phi) is 6.98. The molecule has 0 aliphatic heterocycles. The van der Waals surface area contributed by atoms with Crippen LogP contribution in [0.25, 0.3) is 0 Å². The van der Waals surface area contributed by atoms with E-state index in [1.165, 1.54) is 0 Å². The van der Waals surface area contributed by atoms with Gasteiger partial charge in [0, 0.05) is 6.54 Å². The summed E-state index contributed by atoms with van der Waals surface area (Å²) in [5.41, 5.74) is -0.192. The second kappa shape index (κ2) is 8.24. The number of nitrogens with one attached hydrogen (secondary N) is 1. The summed E-state index contributed by atoms with van der Waals surface area (Å²) in [6.07, 6.45) is 0.0181. The van der Waals surface area contributed by atoms with Crippen molar-refractivity contribution < 1.29 is 23.0 Å². The van der Waals surface area contributed by atoms with Gasteiger partial charge in [-0.2, -0.15) is 0 Å². The molecule has 0 heterocycles. The van der Waals surface area contributed by atoms with Gasteiger partial charge in [0.15, 0.2) is 17.5 Å². The summed E-state index contributed by atoms with van der Waals surface area (Å²) >= 11 is 0. The predicted octanol–water partition coefficient (Wildman–Crippen LogP) is 3.33. The van der Waals surface area contributed by atoms with Crippen LogP contribution in [0.2, 0.25) is 0 Å². The molecule has 1 rings (SSSR count). The maximum atomic E-state index is 13.4. The lowest BCUT2D eigenvalue weighted by Gasteiger charge is -2.18. The van der Waals surface area contributed by atoms with E-state index in [0.29, 0.717) is 5.92 Å². The Hall–Kier alpha value is -1.27. The van der Waals surface area contributed by atoms with Crippen molar-refractivity contribution in [2.75, 3.05) is 18.5 Å². The van der Waals surface area contributed by atoms with E-state index in [1.54, 1.807) is 0 Å². The fourth-order valence-corrected chi connectivity index (χ4v) is 1.96. The van der Waals surface area contributed by atoms with Crippen molar-refractivity contribution in [3.05, 3.63) is 29.6 Å². The molecular formula is C15H22F3NO2. The van der Waals surface area contributed by atoms with Crippen LogP contribution in [0.15, 0.2) is 12.1 Å². The van der Waals surface area contributed by atoms with E-state index in [-0.39, 0.29) is 24.9 Å². The zero-order valence-corrected chi connectivity index (χ0v) is 12.5. The summed E-state index contributed by atoms with van der Waals surface area (Å²) in [4.78, 5) is 0. The Labute approximate surface area is 123 Å². The van der Waals surface area contributed by atoms with Crippen molar-refractivity contribution in [3.8, 4) is 0 Å². The van der Waals surface area contributed by atoms with Crippen molar-refractivity contribution in [2.45, 2.75) is 39.4 Å². The van der Waals surface area contributed by atoms with Crippen LogP contribution in [0.5, 0.6) is 0 Å². The molecule has 3 nitrogen and oxygen atoms in total. The van der Waals surface area contributed by atoms with Gasteiger partial charge in [-0.3, -0.25) is 0 Å². The van der Waals surface area contributed by atoms with Gasteiger partial charge in [0.05, 0.1) is 24.5 Å². The Morgan fingerprint density at radius 2 is 1.81 bits per heavy atom. The van der Waals surface area contributed by atoms with E-state index in [9.17, 15) is 18.3 Å². The smallest absolute Gasteiger partial charge is 0.196 e.